The minimum atomic E-state index is 0.516. The van der Waals surface area contributed by atoms with Crippen LogP contribution in [0.3, 0.4) is 0 Å². The van der Waals surface area contributed by atoms with Crippen LogP contribution in [-0.2, 0) is 0 Å². The van der Waals surface area contributed by atoms with Crippen LogP contribution in [0.15, 0.2) is 29.2 Å². The maximum atomic E-state index is 3.77. The van der Waals surface area contributed by atoms with Crippen LogP contribution in [0.2, 0.25) is 0 Å². The molecule has 20 heavy (non-hydrogen) atoms. The summed E-state index contributed by atoms with van der Waals surface area (Å²) in [6.45, 7) is 7.21. The van der Waals surface area contributed by atoms with Crippen molar-refractivity contribution in [1.82, 2.24) is 0 Å². The van der Waals surface area contributed by atoms with E-state index in [-0.39, 0.29) is 0 Å². The fourth-order valence-corrected chi connectivity index (χ4v) is 3.85. The van der Waals surface area contributed by atoms with Crippen molar-refractivity contribution in [3.63, 3.8) is 0 Å². The Balaban J connectivity index is 1.92. The van der Waals surface area contributed by atoms with E-state index >= 15 is 0 Å². The maximum Gasteiger partial charge on any atom is 0.0480 e. The molecule has 2 heteroatoms. The first-order valence-electron chi connectivity index (χ1n) is 7.96. The average molecular weight is 292 g/mol. The zero-order valence-electron chi connectivity index (χ0n) is 13.4. The van der Waals surface area contributed by atoms with E-state index in [4.69, 9.17) is 0 Å². The Morgan fingerprint density at radius 1 is 1.15 bits per heavy atom. The molecule has 0 atom stereocenters. The second kappa shape index (κ2) is 6.89. The predicted molar refractivity (Wildman–Crippen MR) is 91.7 cm³/mol. The normalized spacial score (nSPS) is 23.6. The summed E-state index contributed by atoms with van der Waals surface area (Å²) in [5, 5.41) is 3.77. The summed E-state index contributed by atoms with van der Waals surface area (Å²) in [5.41, 5.74) is 1.83. The van der Waals surface area contributed by atoms with E-state index < -0.39 is 0 Å². The van der Waals surface area contributed by atoms with E-state index in [0.29, 0.717) is 11.5 Å². The highest BCUT2D eigenvalue weighted by atomic mass is 32.2. The van der Waals surface area contributed by atoms with Gasteiger partial charge in [-0.2, -0.15) is 0 Å². The molecule has 2 rings (SSSR count). The van der Waals surface area contributed by atoms with Crippen molar-refractivity contribution in [3.05, 3.63) is 24.3 Å². The van der Waals surface area contributed by atoms with E-state index in [0.717, 1.165) is 5.92 Å². The van der Waals surface area contributed by atoms with Gasteiger partial charge in [0, 0.05) is 16.6 Å². The van der Waals surface area contributed by atoms with E-state index in [9.17, 15) is 0 Å². The molecule has 0 spiro atoms. The number of benzene rings is 1. The summed E-state index contributed by atoms with van der Waals surface area (Å²) in [4.78, 5) is 1.36. The molecule has 0 aliphatic heterocycles. The number of anilines is 1. The van der Waals surface area contributed by atoms with Gasteiger partial charge in [0.25, 0.3) is 0 Å². The van der Waals surface area contributed by atoms with Crippen LogP contribution in [0.5, 0.6) is 0 Å². The average Bonchev–Trinajstić information content (AvgIpc) is 2.48. The second-order valence-corrected chi connectivity index (χ2v) is 7.58. The molecule has 1 saturated carbocycles. The van der Waals surface area contributed by atoms with Crippen molar-refractivity contribution in [2.75, 3.05) is 11.6 Å². The first kappa shape index (κ1) is 15.8. The molecule has 0 unspecified atom stereocenters. The van der Waals surface area contributed by atoms with Crippen LogP contribution < -0.4 is 5.32 Å². The van der Waals surface area contributed by atoms with Gasteiger partial charge in [0.05, 0.1) is 0 Å². The highest BCUT2D eigenvalue weighted by molar-refractivity contribution is 7.98. The lowest BCUT2D eigenvalue weighted by Crippen LogP contribution is -2.32. The molecule has 1 aromatic carbocycles. The van der Waals surface area contributed by atoms with Gasteiger partial charge in [-0.3, -0.25) is 0 Å². The molecule has 1 N–H and O–H groups in total. The van der Waals surface area contributed by atoms with E-state index in [1.54, 1.807) is 0 Å². The van der Waals surface area contributed by atoms with Crippen molar-refractivity contribution in [1.29, 1.82) is 0 Å². The van der Waals surface area contributed by atoms with Gasteiger partial charge < -0.3 is 5.32 Å². The Kier molecular flexibility index (Phi) is 5.42. The van der Waals surface area contributed by atoms with Crippen LogP contribution in [0, 0.1) is 11.3 Å². The highest BCUT2D eigenvalue weighted by Gasteiger charge is 2.31. The Bertz CT molecular complexity index is 419. The van der Waals surface area contributed by atoms with E-state index in [2.05, 4.69) is 56.6 Å². The molecule has 0 amide bonds. The number of thioether (sulfide) groups is 1. The lowest BCUT2D eigenvalue weighted by molar-refractivity contribution is 0.147. The number of para-hydroxylation sites is 1. The molecule has 112 valence electrons. The topological polar surface area (TPSA) is 12.0 Å². The highest BCUT2D eigenvalue weighted by Crippen LogP contribution is 2.41. The minimum Gasteiger partial charge on any atom is -0.381 e. The van der Waals surface area contributed by atoms with Crippen molar-refractivity contribution in [2.45, 2.75) is 63.8 Å². The molecule has 0 radical (unpaired) electrons. The molecule has 0 heterocycles. The molecule has 1 aliphatic carbocycles. The minimum absolute atomic E-state index is 0.516. The zero-order chi connectivity index (χ0) is 14.6. The molecular formula is C18H29NS. The van der Waals surface area contributed by atoms with Gasteiger partial charge in [0.2, 0.25) is 0 Å². The van der Waals surface area contributed by atoms with Crippen molar-refractivity contribution >= 4 is 17.4 Å². The van der Waals surface area contributed by atoms with E-state index in [1.807, 2.05) is 11.8 Å². The third-order valence-electron chi connectivity index (χ3n) is 5.21. The Morgan fingerprint density at radius 2 is 1.80 bits per heavy atom. The fraction of sp³-hybridized carbons (Fsp3) is 0.667. The van der Waals surface area contributed by atoms with Gasteiger partial charge in [-0.25, -0.2) is 0 Å². The molecule has 0 saturated heterocycles. The molecule has 1 fully saturated rings. The molecule has 1 nitrogen and oxygen atoms in total. The number of nitrogens with one attached hydrogen (secondary N) is 1. The zero-order valence-corrected chi connectivity index (χ0v) is 14.2. The Morgan fingerprint density at radius 3 is 2.40 bits per heavy atom. The lowest BCUT2D eigenvalue weighted by atomic mass is 9.69. The first-order valence-corrected chi connectivity index (χ1v) is 9.19. The van der Waals surface area contributed by atoms with Crippen molar-refractivity contribution < 1.29 is 0 Å². The van der Waals surface area contributed by atoms with Crippen LogP contribution in [0.1, 0.15) is 52.9 Å². The third kappa shape index (κ3) is 3.72. The molecular weight excluding hydrogens is 262 g/mol. The third-order valence-corrected chi connectivity index (χ3v) is 6.01. The summed E-state index contributed by atoms with van der Waals surface area (Å²) >= 11 is 1.83. The molecule has 1 aliphatic rings. The number of hydrogen-bond donors (Lipinski definition) is 1. The Hall–Kier alpha value is -0.630. The smallest absolute Gasteiger partial charge is 0.0480 e. The Labute approximate surface area is 128 Å². The lowest BCUT2D eigenvalue weighted by Gasteiger charge is -2.39. The van der Waals surface area contributed by atoms with Crippen molar-refractivity contribution in [3.8, 4) is 0 Å². The fourth-order valence-electron chi connectivity index (χ4n) is 3.29. The summed E-state index contributed by atoms with van der Waals surface area (Å²) in [7, 11) is 0. The monoisotopic (exact) mass is 291 g/mol. The van der Waals surface area contributed by atoms with Gasteiger partial charge in [-0.1, -0.05) is 39.3 Å². The van der Waals surface area contributed by atoms with Crippen LogP contribution in [0.4, 0.5) is 5.69 Å². The molecule has 0 aromatic heterocycles. The largest absolute Gasteiger partial charge is 0.381 e. The molecule has 0 bridgehead atoms. The summed E-state index contributed by atoms with van der Waals surface area (Å²) in [5.74, 6) is 0.904. The van der Waals surface area contributed by atoms with Gasteiger partial charge in [0.1, 0.15) is 0 Å². The van der Waals surface area contributed by atoms with Gasteiger partial charge in [-0.15, -0.1) is 11.8 Å². The number of hydrogen-bond acceptors (Lipinski definition) is 2. The standard InChI is InChI=1S/C18H29NS/c1-5-18(2,3)14-10-12-15(13-11-14)19-16-8-6-7-9-17(16)20-4/h6-9,14-15,19H,5,10-13H2,1-4H3. The van der Waals surface area contributed by atoms with Gasteiger partial charge >= 0.3 is 0 Å². The van der Waals surface area contributed by atoms with Crippen LogP contribution in [0.25, 0.3) is 0 Å². The summed E-state index contributed by atoms with van der Waals surface area (Å²) in [6, 6.07) is 9.34. The summed E-state index contributed by atoms with van der Waals surface area (Å²) in [6.07, 6.45) is 8.83. The second-order valence-electron chi connectivity index (χ2n) is 6.74. The summed E-state index contributed by atoms with van der Waals surface area (Å²) < 4.78 is 0. The van der Waals surface area contributed by atoms with Crippen LogP contribution >= 0.6 is 11.8 Å². The molecule has 1 aromatic rings. The number of rotatable bonds is 5. The SMILES string of the molecule is CCC(C)(C)C1CCC(Nc2ccccc2SC)CC1. The predicted octanol–water partition coefficient (Wildman–Crippen LogP) is 5.82. The van der Waals surface area contributed by atoms with Crippen molar-refractivity contribution in [2.24, 2.45) is 11.3 Å². The van der Waals surface area contributed by atoms with Gasteiger partial charge in [0.15, 0.2) is 0 Å². The quantitative estimate of drug-likeness (QED) is 0.686. The van der Waals surface area contributed by atoms with Crippen LogP contribution in [-0.4, -0.2) is 12.3 Å². The van der Waals surface area contributed by atoms with Gasteiger partial charge in [-0.05, 0) is 55.4 Å². The van der Waals surface area contributed by atoms with E-state index in [1.165, 1.54) is 42.7 Å². The first-order chi connectivity index (χ1) is 9.56. The maximum absolute atomic E-state index is 3.77.